The van der Waals surface area contributed by atoms with Crippen LogP contribution in [0.3, 0.4) is 0 Å². The summed E-state index contributed by atoms with van der Waals surface area (Å²) in [6.45, 7) is 2.08. The van der Waals surface area contributed by atoms with Gasteiger partial charge in [0.25, 0.3) is 0 Å². The van der Waals surface area contributed by atoms with E-state index in [1.807, 2.05) is 18.2 Å². The van der Waals surface area contributed by atoms with Crippen LogP contribution in [0.15, 0.2) is 40.3 Å². The van der Waals surface area contributed by atoms with Crippen LogP contribution in [0, 0.1) is 6.92 Å². The summed E-state index contributed by atoms with van der Waals surface area (Å²) >= 11 is 0. The molecule has 0 spiro atoms. The van der Waals surface area contributed by atoms with E-state index in [1.54, 1.807) is 0 Å². The van der Waals surface area contributed by atoms with Crippen LogP contribution in [-0.4, -0.2) is 26.3 Å². The van der Waals surface area contributed by atoms with Crippen LogP contribution in [-0.2, 0) is 9.59 Å². The van der Waals surface area contributed by atoms with E-state index in [4.69, 9.17) is 9.59 Å². The first-order chi connectivity index (χ1) is 7.22. The van der Waals surface area contributed by atoms with Gasteiger partial charge < -0.3 is 0 Å². The van der Waals surface area contributed by atoms with Crippen molar-refractivity contribution in [3.8, 4) is 0 Å². The molecule has 4 heteroatoms. The van der Waals surface area contributed by atoms with Crippen LogP contribution >= 0.6 is 0 Å². The molecular formula is C11H14N2O2. The second kappa shape index (κ2) is 14.5. The Morgan fingerprint density at radius 1 is 0.933 bits per heavy atom. The van der Waals surface area contributed by atoms with Gasteiger partial charge in [0, 0.05) is 14.1 Å². The van der Waals surface area contributed by atoms with Crippen LogP contribution in [0.5, 0.6) is 0 Å². The number of carbonyl (C=O) groups excluding carboxylic acids is 2. The quantitative estimate of drug-likeness (QED) is 0.480. The Bertz CT molecular complexity index is 308. The van der Waals surface area contributed by atoms with Crippen molar-refractivity contribution in [2.45, 2.75) is 6.92 Å². The van der Waals surface area contributed by atoms with E-state index in [1.165, 1.54) is 31.8 Å². The van der Waals surface area contributed by atoms with E-state index >= 15 is 0 Å². The van der Waals surface area contributed by atoms with E-state index in [9.17, 15) is 0 Å². The van der Waals surface area contributed by atoms with Gasteiger partial charge >= 0.3 is 0 Å². The van der Waals surface area contributed by atoms with Crippen molar-refractivity contribution in [3.63, 3.8) is 0 Å². The first-order valence-electron chi connectivity index (χ1n) is 4.16. The van der Waals surface area contributed by atoms with Crippen LogP contribution in [0.1, 0.15) is 5.56 Å². The van der Waals surface area contributed by atoms with Gasteiger partial charge in [-0.3, -0.25) is 0 Å². The molecule has 0 aromatic heterocycles. The predicted molar refractivity (Wildman–Crippen MR) is 59.3 cm³/mol. The summed E-state index contributed by atoms with van der Waals surface area (Å²) in [6, 6.07) is 10.3. The van der Waals surface area contributed by atoms with Crippen molar-refractivity contribution >= 4 is 12.2 Å². The maximum Gasteiger partial charge on any atom is 0.234 e. The number of rotatable bonds is 0. The summed E-state index contributed by atoms with van der Waals surface area (Å²) in [5.74, 6) is 0. The van der Waals surface area contributed by atoms with Gasteiger partial charge in [0.05, 0.1) is 0 Å². The molecule has 0 saturated heterocycles. The zero-order valence-corrected chi connectivity index (χ0v) is 9.10. The molecule has 1 aromatic carbocycles. The van der Waals surface area contributed by atoms with Crippen molar-refractivity contribution in [2.75, 3.05) is 14.1 Å². The maximum atomic E-state index is 8.88. The van der Waals surface area contributed by atoms with Gasteiger partial charge in [0.15, 0.2) is 0 Å². The molecule has 0 atom stereocenters. The summed E-state index contributed by atoms with van der Waals surface area (Å²) in [5.41, 5.74) is 1.32. The molecule has 0 aliphatic rings. The van der Waals surface area contributed by atoms with Gasteiger partial charge in [0.1, 0.15) is 0 Å². The number of benzene rings is 1. The minimum absolute atomic E-state index is 1.31. The molecular weight excluding hydrogens is 192 g/mol. The average molecular weight is 206 g/mol. The summed E-state index contributed by atoms with van der Waals surface area (Å²) in [7, 11) is 2.76. The van der Waals surface area contributed by atoms with Gasteiger partial charge in [-0.2, -0.15) is 0 Å². The van der Waals surface area contributed by atoms with E-state index in [-0.39, 0.29) is 0 Å². The van der Waals surface area contributed by atoms with Crippen LogP contribution in [0.25, 0.3) is 0 Å². The average Bonchev–Trinajstić information content (AvgIpc) is 2.31. The van der Waals surface area contributed by atoms with Crippen LogP contribution < -0.4 is 0 Å². The molecule has 0 saturated carbocycles. The lowest BCUT2D eigenvalue weighted by atomic mass is 10.2. The molecule has 0 aliphatic carbocycles. The third kappa shape index (κ3) is 18.7. The number of isocyanates is 2. The van der Waals surface area contributed by atoms with Gasteiger partial charge in [-0.1, -0.05) is 35.9 Å². The zero-order valence-electron chi connectivity index (χ0n) is 9.10. The molecule has 1 aromatic rings. The number of aryl methyl sites for hydroxylation is 1. The highest BCUT2D eigenvalue weighted by molar-refractivity contribution is 5.32. The van der Waals surface area contributed by atoms with Crippen molar-refractivity contribution < 1.29 is 9.59 Å². The fourth-order valence-electron chi connectivity index (χ4n) is 0.534. The number of aliphatic imine (C=N–C) groups is 2. The fraction of sp³-hybridized carbons (Fsp3) is 0.273. The van der Waals surface area contributed by atoms with E-state index < -0.39 is 0 Å². The normalized spacial score (nSPS) is 6.33. The lowest BCUT2D eigenvalue weighted by Gasteiger charge is -1.82. The highest BCUT2D eigenvalue weighted by Crippen LogP contribution is 1.92. The molecule has 15 heavy (non-hydrogen) atoms. The van der Waals surface area contributed by atoms with Crippen molar-refractivity contribution in [1.29, 1.82) is 0 Å². The molecule has 0 heterocycles. The molecule has 0 N–H and O–H groups in total. The largest absolute Gasteiger partial charge is 0.234 e. The number of nitrogens with zero attached hydrogens (tertiary/aromatic N) is 2. The summed E-state index contributed by atoms with van der Waals surface area (Å²) in [4.78, 5) is 23.6. The van der Waals surface area contributed by atoms with Gasteiger partial charge in [-0.25, -0.2) is 19.6 Å². The fourth-order valence-corrected chi connectivity index (χ4v) is 0.534. The van der Waals surface area contributed by atoms with Gasteiger partial charge in [-0.05, 0) is 6.92 Å². The molecule has 0 fully saturated rings. The first kappa shape index (κ1) is 15.5. The minimum Gasteiger partial charge on any atom is -0.211 e. The van der Waals surface area contributed by atoms with E-state index in [0.29, 0.717) is 0 Å². The van der Waals surface area contributed by atoms with Crippen LogP contribution in [0.4, 0.5) is 0 Å². The molecule has 1 rings (SSSR count). The Kier molecular flexibility index (Phi) is 14.9. The Morgan fingerprint density at radius 3 is 1.40 bits per heavy atom. The SMILES string of the molecule is CN=C=O.CN=C=O.Cc1ccccc1. The molecule has 4 nitrogen and oxygen atoms in total. The predicted octanol–water partition coefficient (Wildman–Crippen LogP) is 1.90. The zero-order chi connectivity index (χ0) is 11.9. The van der Waals surface area contributed by atoms with Crippen molar-refractivity contribution in [3.05, 3.63) is 35.9 Å². The van der Waals surface area contributed by atoms with Gasteiger partial charge in [-0.15, -0.1) is 0 Å². The van der Waals surface area contributed by atoms with Crippen molar-refractivity contribution in [1.82, 2.24) is 0 Å². The molecule has 80 valence electrons. The summed E-state index contributed by atoms with van der Waals surface area (Å²) in [5, 5.41) is 0. The smallest absolute Gasteiger partial charge is 0.211 e. The summed E-state index contributed by atoms with van der Waals surface area (Å²) in [6.07, 6.45) is 2.61. The second-order valence-electron chi connectivity index (χ2n) is 2.28. The van der Waals surface area contributed by atoms with E-state index in [0.717, 1.165) is 0 Å². The highest BCUT2D eigenvalue weighted by Gasteiger charge is 1.72. The Labute approximate surface area is 89.4 Å². The molecule has 0 unspecified atom stereocenters. The standard InChI is InChI=1S/C7H8.2C2H3NO/c1-7-5-3-2-4-6-7;2*1-3-2-4/h2-6H,1H3;2*1H3. The Hall–Kier alpha value is -2.02. The third-order valence-corrected chi connectivity index (χ3v) is 1.12. The Morgan fingerprint density at radius 2 is 1.27 bits per heavy atom. The summed E-state index contributed by atoms with van der Waals surface area (Å²) < 4.78 is 0. The first-order valence-corrected chi connectivity index (χ1v) is 4.16. The number of hydrogen-bond acceptors (Lipinski definition) is 4. The molecule has 0 radical (unpaired) electrons. The lowest BCUT2D eigenvalue weighted by Crippen LogP contribution is -1.62. The minimum atomic E-state index is 1.31. The monoisotopic (exact) mass is 206 g/mol. The topological polar surface area (TPSA) is 58.9 Å². The number of hydrogen-bond donors (Lipinski definition) is 0. The second-order valence-corrected chi connectivity index (χ2v) is 2.28. The van der Waals surface area contributed by atoms with E-state index in [2.05, 4.69) is 29.0 Å². The molecule has 0 amide bonds. The third-order valence-electron chi connectivity index (χ3n) is 1.12. The molecule has 0 bridgehead atoms. The van der Waals surface area contributed by atoms with Crippen molar-refractivity contribution in [2.24, 2.45) is 9.98 Å². The highest BCUT2D eigenvalue weighted by atomic mass is 16.1. The maximum absolute atomic E-state index is 8.88. The van der Waals surface area contributed by atoms with Crippen LogP contribution in [0.2, 0.25) is 0 Å². The van der Waals surface area contributed by atoms with Gasteiger partial charge in [0.2, 0.25) is 12.2 Å². The lowest BCUT2D eigenvalue weighted by molar-refractivity contribution is 0.564. The molecule has 0 aliphatic heterocycles. The Balaban J connectivity index is 0.